The van der Waals surface area contributed by atoms with Crippen molar-refractivity contribution in [1.82, 2.24) is 4.90 Å². The van der Waals surface area contributed by atoms with E-state index in [0.29, 0.717) is 18.7 Å². The molecule has 1 saturated heterocycles. The summed E-state index contributed by atoms with van der Waals surface area (Å²) in [6.07, 6.45) is 1.49. The number of methoxy groups -OCH3 is 2. The molecule has 1 heterocycles. The Hall–Kier alpha value is -2.08. The number of ether oxygens (including phenoxy) is 2. The van der Waals surface area contributed by atoms with Gasteiger partial charge >= 0.3 is 0 Å². The summed E-state index contributed by atoms with van der Waals surface area (Å²) in [6, 6.07) is 7.33. The van der Waals surface area contributed by atoms with Gasteiger partial charge in [-0.25, -0.2) is 0 Å². The molecule has 1 aliphatic heterocycles. The quantitative estimate of drug-likeness (QED) is 0.840. The number of carbonyl (C=O) groups excluding carboxylic acids is 2. The average molecular weight is 306 g/mol. The van der Waals surface area contributed by atoms with Crippen LogP contribution >= 0.6 is 0 Å². The van der Waals surface area contributed by atoms with E-state index in [2.05, 4.69) is 0 Å². The fraction of sp³-hybridized carbons (Fsp3) is 0.500. The first-order valence-electron chi connectivity index (χ1n) is 7.26. The second kappa shape index (κ2) is 6.79. The van der Waals surface area contributed by atoms with Crippen molar-refractivity contribution in [3.05, 3.63) is 29.8 Å². The van der Waals surface area contributed by atoms with E-state index in [1.165, 1.54) is 7.11 Å². The SMILES string of the molecule is COCC1(C(N)=O)CCCN1C(=O)Cc1cccc(OC)c1. The molecule has 120 valence electrons. The first-order valence-corrected chi connectivity index (χ1v) is 7.26. The van der Waals surface area contributed by atoms with Crippen LogP contribution in [-0.4, -0.2) is 49.6 Å². The maximum absolute atomic E-state index is 12.6. The largest absolute Gasteiger partial charge is 0.497 e. The third kappa shape index (κ3) is 3.06. The van der Waals surface area contributed by atoms with Gasteiger partial charge in [0.15, 0.2) is 0 Å². The Morgan fingerprint density at radius 1 is 1.36 bits per heavy atom. The van der Waals surface area contributed by atoms with Crippen LogP contribution in [0.2, 0.25) is 0 Å². The van der Waals surface area contributed by atoms with Gasteiger partial charge in [0.05, 0.1) is 20.1 Å². The third-order valence-corrected chi connectivity index (χ3v) is 4.12. The standard InChI is InChI=1S/C16H22N2O4/c1-21-11-16(15(17)20)7-4-8-18(16)14(19)10-12-5-3-6-13(9-12)22-2/h3,5-6,9H,4,7-8,10-11H2,1-2H3,(H2,17,20). The van der Waals surface area contributed by atoms with Crippen LogP contribution < -0.4 is 10.5 Å². The summed E-state index contributed by atoms with van der Waals surface area (Å²) < 4.78 is 10.3. The van der Waals surface area contributed by atoms with Crippen molar-refractivity contribution in [3.63, 3.8) is 0 Å². The van der Waals surface area contributed by atoms with E-state index in [-0.39, 0.29) is 18.9 Å². The van der Waals surface area contributed by atoms with Gasteiger partial charge < -0.3 is 20.1 Å². The zero-order valence-electron chi connectivity index (χ0n) is 13.0. The molecule has 2 N–H and O–H groups in total. The van der Waals surface area contributed by atoms with Gasteiger partial charge in [-0.15, -0.1) is 0 Å². The molecule has 1 aliphatic rings. The number of amides is 2. The number of benzene rings is 1. The Morgan fingerprint density at radius 3 is 2.77 bits per heavy atom. The van der Waals surface area contributed by atoms with Gasteiger partial charge in [0.2, 0.25) is 11.8 Å². The van der Waals surface area contributed by atoms with Gasteiger partial charge in [0.25, 0.3) is 0 Å². The van der Waals surface area contributed by atoms with E-state index in [1.807, 2.05) is 24.3 Å². The summed E-state index contributed by atoms with van der Waals surface area (Å²) in [4.78, 5) is 26.1. The molecule has 1 atom stereocenters. The van der Waals surface area contributed by atoms with Crippen LogP contribution in [0.1, 0.15) is 18.4 Å². The Bertz CT molecular complexity index is 561. The van der Waals surface area contributed by atoms with Crippen LogP contribution in [0.5, 0.6) is 5.75 Å². The molecule has 1 unspecified atom stereocenters. The van der Waals surface area contributed by atoms with Gasteiger partial charge in [-0.3, -0.25) is 9.59 Å². The molecule has 1 fully saturated rings. The van der Waals surface area contributed by atoms with Crippen molar-refractivity contribution >= 4 is 11.8 Å². The molecule has 0 aromatic heterocycles. The number of hydrogen-bond acceptors (Lipinski definition) is 4. The van der Waals surface area contributed by atoms with Gasteiger partial charge in [-0.2, -0.15) is 0 Å². The molecule has 0 spiro atoms. The molecule has 22 heavy (non-hydrogen) atoms. The Balaban J connectivity index is 2.18. The van der Waals surface area contributed by atoms with Crippen molar-refractivity contribution in [2.75, 3.05) is 27.4 Å². The predicted molar refractivity (Wildman–Crippen MR) is 81.4 cm³/mol. The van der Waals surface area contributed by atoms with Crippen molar-refractivity contribution < 1.29 is 19.1 Å². The van der Waals surface area contributed by atoms with E-state index in [0.717, 1.165) is 12.0 Å². The highest BCUT2D eigenvalue weighted by molar-refractivity contribution is 5.92. The smallest absolute Gasteiger partial charge is 0.245 e. The number of nitrogens with two attached hydrogens (primary N) is 1. The summed E-state index contributed by atoms with van der Waals surface area (Å²) in [5.41, 5.74) is 5.37. The van der Waals surface area contributed by atoms with Crippen molar-refractivity contribution in [2.45, 2.75) is 24.8 Å². The number of primary amides is 1. The van der Waals surface area contributed by atoms with Crippen LogP contribution in [-0.2, 0) is 20.7 Å². The van der Waals surface area contributed by atoms with Gasteiger partial charge in [-0.1, -0.05) is 12.1 Å². The van der Waals surface area contributed by atoms with Gasteiger partial charge in [0, 0.05) is 13.7 Å². The zero-order valence-corrected chi connectivity index (χ0v) is 13.0. The van der Waals surface area contributed by atoms with E-state index < -0.39 is 11.4 Å². The normalized spacial score (nSPS) is 20.9. The lowest BCUT2D eigenvalue weighted by Gasteiger charge is -2.35. The molecule has 1 aromatic rings. The maximum Gasteiger partial charge on any atom is 0.245 e. The number of likely N-dealkylation sites (tertiary alicyclic amines) is 1. The first-order chi connectivity index (χ1) is 10.5. The molecule has 0 radical (unpaired) electrons. The molecule has 6 heteroatoms. The topological polar surface area (TPSA) is 81.9 Å². The average Bonchev–Trinajstić information content (AvgIpc) is 2.93. The lowest BCUT2D eigenvalue weighted by Crippen LogP contribution is -2.59. The molecule has 0 bridgehead atoms. The monoisotopic (exact) mass is 306 g/mol. The second-order valence-corrected chi connectivity index (χ2v) is 5.51. The number of nitrogens with zero attached hydrogens (tertiary/aromatic N) is 1. The van der Waals surface area contributed by atoms with Crippen molar-refractivity contribution in [3.8, 4) is 5.75 Å². The fourth-order valence-electron chi connectivity index (χ4n) is 3.01. The summed E-state index contributed by atoms with van der Waals surface area (Å²) >= 11 is 0. The molecule has 2 amide bonds. The highest BCUT2D eigenvalue weighted by Gasteiger charge is 2.48. The van der Waals surface area contributed by atoms with E-state index in [1.54, 1.807) is 12.0 Å². The Labute approximate surface area is 130 Å². The molecular formula is C16H22N2O4. The van der Waals surface area contributed by atoms with Crippen LogP contribution in [0.15, 0.2) is 24.3 Å². The summed E-state index contributed by atoms with van der Waals surface area (Å²) in [6.45, 7) is 0.654. The van der Waals surface area contributed by atoms with Crippen molar-refractivity contribution in [1.29, 1.82) is 0 Å². The highest BCUT2D eigenvalue weighted by atomic mass is 16.5. The molecule has 0 saturated carbocycles. The van der Waals surface area contributed by atoms with Crippen molar-refractivity contribution in [2.24, 2.45) is 5.73 Å². The maximum atomic E-state index is 12.6. The second-order valence-electron chi connectivity index (χ2n) is 5.51. The fourth-order valence-corrected chi connectivity index (χ4v) is 3.01. The van der Waals surface area contributed by atoms with E-state index >= 15 is 0 Å². The Kier molecular flexibility index (Phi) is 5.03. The predicted octanol–water partition coefficient (Wildman–Crippen LogP) is 0.731. The summed E-state index contributed by atoms with van der Waals surface area (Å²) in [7, 11) is 3.09. The van der Waals surface area contributed by atoms with Crippen LogP contribution in [0.25, 0.3) is 0 Å². The summed E-state index contributed by atoms with van der Waals surface area (Å²) in [5.74, 6) is 0.0669. The minimum atomic E-state index is -1.02. The zero-order chi connectivity index (χ0) is 16.2. The number of hydrogen-bond donors (Lipinski definition) is 1. The molecule has 0 aliphatic carbocycles. The number of carbonyl (C=O) groups is 2. The molecule has 6 nitrogen and oxygen atoms in total. The molecule has 1 aromatic carbocycles. The molecular weight excluding hydrogens is 284 g/mol. The minimum Gasteiger partial charge on any atom is -0.497 e. The van der Waals surface area contributed by atoms with Gasteiger partial charge in [0.1, 0.15) is 11.3 Å². The van der Waals surface area contributed by atoms with Crippen LogP contribution in [0, 0.1) is 0 Å². The lowest BCUT2D eigenvalue weighted by atomic mass is 9.95. The summed E-state index contributed by atoms with van der Waals surface area (Å²) in [5, 5.41) is 0. The van der Waals surface area contributed by atoms with Gasteiger partial charge in [-0.05, 0) is 30.5 Å². The van der Waals surface area contributed by atoms with E-state index in [9.17, 15) is 9.59 Å². The Morgan fingerprint density at radius 2 is 2.14 bits per heavy atom. The third-order valence-electron chi connectivity index (χ3n) is 4.12. The molecule has 2 rings (SSSR count). The lowest BCUT2D eigenvalue weighted by molar-refractivity contribution is -0.146. The van der Waals surface area contributed by atoms with Crippen LogP contribution in [0.4, 0.5) is 0 Å². The van der Waals surface area contributed by atoms with Crippen LogP contribution in [0.3, 0.4) is 0 Å². The first kappa shape index (κ1) is 16.3. The highest BCUT2D eigenvalue weighted by Crippen LogP contribution is 2.30. The number of rotatable bonds is 6. The minimum absolute atomic E-state index is 0.124. The van der Waals surface area contributed by atoms with E-state index in [4.69, 9.17) is 15.2 Å².